The highest BCUT2D eigenvalue weighted by atomic mass is 28.3. The first kappa shape index (κ1) is 30.3. The Kier molecular flexibility index (Phi) is 9.12. The van der Waals surface area contributed by atoms with E-state index in [-0.39, 0.29) is 5.97 Å². The minimum atomic E-state index is -1.23. The molecule has 8 bridgehead atoms. The summed E-state index contributed by atoms with van der Waals surface area (Å²) in [5, 5.41) is 4.29. The zero-order valence-electron chi connectivity index (χ0n) is 26.3. The molecular weight excluding hydrogens is 577 g/mol. The van der Waals surface area contributed by atoms with Crippen LogP contribution in [0.5, 0.6) is 5.75 Å². The fourth-order valence-electron chi connectivity index (χ4n) is 5.45. The molecule has 0 atom stereocenters. The van der Waals surface area contributed by atoms with Crippen LogP contribution < -0.4 is 26.1 Å². The number of fused-ring (bicyclic) bond motifs is 8. The highest BCUT2D eigenvalue weighted by molar-refractivity contribution is 6.76. The summed E-state index contributed by atoms with van der Waals surface area (Å²) in [6.07, 6.45) is 10.3. The summed E-state index contributed by atoms with van der Waals surface area (Å²) in [5.41, 5.74) is 6.11. The van der Waals surface area contributed by atoms with Gasteiger partial charge in [-0.25, -0.2) is 4.79 Å². The summed E-state index contributed by atoms with van der Waals surface area (Å²) < 4.78 is 11.4. The molecule has 0 aliphatic carbocycles. The summed E-state index contributed by atoms with van der Waals surface area (Å²) in [6.45, 7) is 7.94. The molecule has 6 rings (SSSR count). The number of ether oxygens (including phenoxy) is 2. The molecule has 45 heavy (non-hydrogen) atoms. The first-order valence-electron chi connectivity index (χ1n) is 15.8. The van der Waals surface area contributed by atoms with E-state index in [1.807, 2.05) is 12.1 Å². The number of aromatic nitrogens is 4. The van der Waals surface area contributed by atoms with Crippen LogP contribution in [0.1, 0.15) is 58.8 Å². The van der Waals surface area contributed by atoms with Gasteiger partial charge in [-0.15, -0.1) is 0 Å². The van der Waals surface area contributed by atoms with Gasteiger partial charge >= 0.3 is 5.97 Å². The number of hydrogen-bond acceptors (Lipinski definition) is 3. The number of nitrogens with one attached hydrogen (secondary N) is 4. The van der Waals surface area contributed by atoms with E-state index in [1.165, 1.54) is 5.57 Å². The summed E-state index contributed by atoms with van der Waals surface area (Å²) in [7, 11) is -1.23. The maximum atomic E-state index is 12.3. The van der Waals surface area contributed by atoms with Gasteiger partial charge in [0.15, 0.2) is 0 Å². The van der Waals surface area contributed by atoms with Crippen LogP contribution >= 0.6 is 0 Å². The van der Waals surface area contributed by atoms with Crippen LogP contribution in [-0.4, -0.2) is 47.2 Å². The Morgan fingerprint density at radius 1 is 0.644 bits per heavy atom. The van der Waals surface area contributed by atoms with Gasteiger partial charge in [0, 0.05) is 52.2 Å². The van der Waals surface area contributed by atoms with Crippen molar-refractivity contribution in [1.82, 2.24) is 19.9 Å². The van der Waals surface area contributed by atoms with E-state index in [2.05, 4.69) is 106 Å². The molecule has 5 heterocycles. The molecule has 0 saturated carbocycles. The fourth-order valence-corrected chi connectivity index (χ4v) is 6.16. The molecule has 7 nitrogen and oxygen atoms in total. The van der Waals surface area contributed by atoms with Gasteiger partial charge in [0.25, 0.3) is 0 Å². The fraction of sp³-hybridized carbons (Fsp3) is 0.270. The average molecular weight is 619 g/mol. The largest absolute Gasteiger partial charge is 0.494 e. The molecule has 0 fully saturated rings. The zero-order chi connectivity index (χ0) is 31.2. The van der Waals surface area contributed by atoms with Crippen LogP contribution in [0.3, 0.4) is 0 Å². The van der Waals surface area contributed by atoms with Crippen molar-refractivity contribution in [2.45, 2.75) is 51.4 Å². The number of carbonyl (C=O) groups is 1. The zero-order valence-corrected chi connectivity index (χ0v) is 27.3. The maximum Gasteiger partial charge on any atom is 0.338 e. The lowest BCUT2D eigenvalue weighted by Crippen LogP contribution is -2.22. The SMILES string of the molecule is C[Si](C)(C)CCOC(=O)c1ccc(OCCCCCC2=c3ccc([nH]3)=Cc3ccc([nH]3)C=c3ccc([nH]3)=Cc3ccc2[nH]3)cc1. The van der Waals surface area contributed by atoms with Crippen LogP contribution in [-0.2, 0) is 4.74 Å². The van der Waals surface area contributed by atoms with E-state index in [0.717, 1.165) is 81.6 Å². The van der Waals surface area contributed by atoms with Crippen molar-refractivity contribution in [2.75, 3.05) is 13.2 Å². The number of unbranched alkanes of at least 4 members (excludes halogenated alkanes) is 2. The van der Waals surface area contributed by atoms with Crippen LogP contribution in [0, 0.1) is 0 Å². The standard InChI is InChI=1S/C37H42N4O3Si/c1-45(2,3)22-21-44-37(42)26-8-16-33(17-9-26)43-20-6-4-5-7-34-35-18-14-31(40-35)24-29-12-10-27(38-29)23-28-11-13-30(39-28)25-32-15-19-36(34)41-32/h8-19,23-25,38-41H,4-7,20-22H2,1-3H3. The number of esters is 1. The van der Waals surface area contributed by atoms with Gasteiger partial charge in [0.2, 0.25) is 0 Å². The van der Waals surface area contributed by atoms with Gasteiger partial charge in [0.1, 0.15) is 5.75 Å². The molecule has 8 heteroatoms. The smallest absolute Gasteiger partial charge is 0.338 e. The molecule has 1 aliphatic rings. The van der Waals surface area contributed by atoms with Crippen LogP contribution in [0.4, 0.5) is 0 Å². The van der Waals surface area contributed by atoms with Crippen LogP contribution in [0.2, 0.25) is 25.7 Å². The average Bonchev–Trinajstić information content (AvgIpc) is 3.82. The van der Waals surface area contributed by atoms with E-state index >= 15 is 0 Å². The summed E-state index contributed by atoms with van der Waals surface area (Å²) in [6, 6.07) is 25.2. The van der Waals surface area contributed by atoms with Gasteiger partial charge in [-0.05, 0) is 128 Å². The third-order valence-corrected chi connectivity index (χ3v) is 9.68. The summed E-state index contributed by atoms with van der Waals surface area (Å²) in [5.74, 6) is 0.503. The van der Waals surface area contributed by atoms with E-state index in [4.69, 9.17) is 9.47 Å². The Hall–Kier alpha value is -4.69. The minimum Gasteiger partial charge on any atom is -0.494 e. The normalized spacial score (nSPS) is 12.6. The first-order chi connectivity index (χ1) is 21.8. The predicted molar refractivity (Wildman–Crippen MR) is 184 cm³/mol. The highest BCUT2D eigenvalue weighted by Crippen LogP contribution is 2.20. The Morgan fingerprint density at radius 2 is 1.29 bits per heavy atom. The second-order valence-electron chi connectivity index (χ2n) is 12.9. The number of carbonyl (C=O) groups excluding carboxylic acids is 1. The molecule has 0 radical (unpaired) electrons. The number of hydrogen-bond donors (Lipinski definition) is 4. The van der Waals surface area contributed by atoms with Crippen molar-refractivity contribution in [3.05, 3.63) is 123 Å². The van der Waals surface area contributed by atoms with Crippen LogP contribution in [0.15, 0.2) is 72.8 Å². The van der Waals surface area contributed by atoms with Crippen LogP contribution in [0.25, 0.3) is 23.8 Å². The number of aromatic amines is 4. The molecule has 0 unspecified atom stereocenters. The Morgan fingerprint density at radius 3 is 2.00 bits per heavy atom. The third kappa shape index (κ3) is 8.28. The molecule has 4 aromatic heterocycles. The van der Waals surface area contributed by atoms with Gasteiger partial charge in [-0.1, -0.05) is 19.6 Å². The number of benzene rings is 1. The highest BCUT2D eigenvalue weighted by Gasteiger charge is 2.15. The molecule has 5 aromatic rings. The number of H-pyrrole nitrogens is 4. The quantitative estimate of drug-likeness (QED) is 0.0939. The first-order valence-corrected chi connectivity index (χ1v) is 19.6. The molecule has 0 saturated heterocycles. The van der Waals surface area contributed by atoms with Crippen molar-refractivity contribution in [2.24, 2.45) is 0 Å². The summed E-state index contributed by atoms with van der Waals surface area (Å²) in [4.78, 5) is 26.6. The molecule has 232 valence electrons. The Bertz CT molecular complexity index is 2000. The monoisotopic (exact) mass is 618 g/mol. The molecule has 1 aromatic carbocycles. The molecule has 4 N–H and O–H groups in total. The lowest BCUT2D eigenvalue weighted by molar-refractivity contribution is 0.0525. The maximum absolute atomic E-state index is 12.3. The molecular formula is C37H42N4O3Si. The van der Waals surface area contributed by atoms with E-state index in [9.17, 15) is 4.79 Å². The Balaban J connectivity index is 1.08. The lowest BCUT2D eigenvalue weighted by atomic mass is 10.0. The van der Waals surface area contributed by atoms with Crippen molar-refractivity contribution in [1.29, 1.82) is 0 Å². The van der Waals surface area contributed by atoms with Gasteiger partial charge < -0.3 is 29.4 Å². The van der Waals surface area contributed by atoms with E-state index in [1.54, 1.807) is 12.1 Å². The second kappa shape index (κ2) is 13.5. The molecule has 0 spiro atoms. The lowest BCUT2D eigenvalue weighted by Gasteiger charge is -2.15. The van der Waals surface area contributed by atoms with Gasteiger partial charge in [0.05, 0.1) is 18.8 Å². The van der Waals surface area contributed by atoms with Crippen molar-refractivity contribution < 1.29 is 14.3 Å². The predicted octanol–water partition coefficient (Wildman–Crippen LogP) is 5.13. The van der Waals surface area contributed by atoms with E-state index in [0.29, 0.717) is 18.8 Å². The Labute approximate surface area is 264 Å². The second-order valence-corrected chi connectivity index (χ2v) is 18.6. The van der Waals surface area contributed by atoms with Crippen molar-refractivity contribution >= 4 is 37.8 Å². The van der Waals surface area contributed by atoms with E-state index < -0.39 is 8.07 Å². The van der Waals surface area contributed by atoms with Crippen molar-refractivity contribution in [3.8, 4) is 5.75 Å². The minimum absolute atomic E-state index is 0.268. The topological polar surface area (TPSA) is 98.7 Å². The van der Waals surface area contributed by atoms with Crippen molar-refractivity contribution in [3.63, 3.8) is 0 Å². The number of rotatable bonds is 11. The van der Waals surface area contributed by atoms with Gasteiger partial charge in [-0.3, -0.25) is 0 Å². The molecule has 1 aliphatic heterocycles. The molecule has 0 amide bonds. The summed E-state index contributed by atoms with van der Waals surface area (Å²) >= 11 is 0. The third-order valence-electron chi connectivity index (χ3n) is 7.98. The van der Waals surface area contributed by atoms with Gasteiger partial charge in [-0.2, -0.15) is 0 Å².